The van der Waals surface area contributed by atoms with Crippen molar-refractivity contribution in [1.82, 2.24) is 10.6 Å². The van der Waals surface area contributed by atoms with Crippen LogP contribution in [0.1, 0.15) is 37.3 Å². The van der Waals surface area contributed by atoms with Crippen molar-refractivity contribution in [3.05, 3.63) is 21.9 Å². The largest absolute Gasteiger partial charge is 0.313 e. The molecule has 0 bridgehead atoms. The Morgan fingerprint density at radius 1 is 1.47 bits per heavy atom. The van der Waals surface area contributed by atoms with Crippen LogP contribution in [0.25, 0.3) is 0 Å². The van der Waals surface area contributed by atoms with Crippen molar-refractivity contribution < 1.29 is 0 Å². The van der Waals surface area contributed by atoms with Gasteiger partial charge in [0.05, 0.1) is 0 Å². The molecular weight excluding hydrogens is 228 g/mol. The summed E-state index contributed by atoms with van der Waals surface area (Å²) in [4.78, 5) is 0. The Morgan fingerprint density at radius 2 is 2.35 bits per heavy atom. The molecule has 0 aromatic carbocycles. The van der Waals surface area contributed by atoms with E-state index in [-0.39, 0.29) is 0 Å². The van der Waals surface area contributed by atoms with E-state index in [9.17, 15) is 0 Å². The zero-order valence-electron chi connectivity index (χ0n) is 11.0. The van der Waals surface area contributed by atoms with Crippen molar-refractivity contribution >= 4 is 11.3 Å². The van der Waals surface area contributed by atoms with Crippen molar-refractivity contribution in [2.75, 3.05) is 13.1 Å². The molecule has 1 aromatic heterocycles. The summed E-state index contributed by atoms with van der Waals surface area (Å²) in [5, 5.41) is 11.7. The van der Waals surface area contributed by atoms with E-state index in [1.165, 1.54) is 36.9 Å². The predicted octanol–water partition coefficient (Wildman–Crippen LogP) is 2.92. The zero-order valence-corrected chi connectivity index (χ0v) is 11.8. The first kappa shape index (κ1) is 13.1. The lowest BCUT2D eigenvalue weighted by molar-refractivity contribution is 0.288. The molecule has 96 valence electrons. The van der Waals surface area contributed by atoms with Gasteiger partial charge in [-0.25, -0.2) is 0 Å². The van der Waals surface area contributed by atoms with Crippen LogP contribution in [0.2, 0.25) is 0 Å². The minimum atomic E-state index is 0.674. The Labute approximate surface area is 109 Å². The standard InChI is InChI=1S/C14H24N2S/c1-3-12-4-5-16-14(6-12)8-15-7-13-10-17-9-11(13)2/h9-10,12,14-16H,3-8H2,1-2H3. The summed E-state index contributed by atoms with van der Waals surface area (Å²) < 4.78 is 0. The highest BCUT2D eigenvalue weighted by Crippen LogP contribution is 2.19. The SMILES string of the molecule is CCC1CCNC(CNCc2cscc2C)C1. The van der Waals surface area contributed by atoms with Crippen LogP contribution in [-0.2, 0) is 6.54 Å². The van der Waals surface area contributed by atoms with Crippen LogP contribution in [0.15, 0.2) is 10.8 Å². The van der Waals surface area contributed by atoms with Crippen LogP contribution in [0.3, 0.4) is 0 Å². The Balaban J connectivity index is 1.70. The molecule has 1 aliphatic heterocycles. The van der Waals surface area contributed by atoms with Gasteiger partial charge in [0.15, 0.2) is 0 Å². The maximum atomic E-state index is 3.62. The highest BCUT2D eigenvalue weighted by atomic mass is 32.1. The van der Waals surface area contributed by atoms with Gasteiger partial charge in [0.2, 0.25) is 0 Å². The third-order valence-electron chi connectivity index (χ3n) is 3.85. The Hall–Kier alpha value is -0.380. The number of piperidine rings is 1. The molecule has 2 atom stereocenters. The first-order valence-electron chi connectivity index (χ1n) is 6.75. The molecule has 0 amide bonds. The lowest BCUT2D eigenvalue weighted by Gasteiger charge is -2.30. The molecule has 2 rings (SSSR count). The summed E-state index contributed by atoms with van der Waals surface area (Å²) in [6, 6.07) is 0.674. The van der Waals surface area contributed by atoms with Gasteiger partial charge in [-0.2, -0.15) is 11.3 Å². The van der Waals surface area contributed by atoms with E-state index in [2.05, 4.69) is 35.2 Å². The lowest BCUT2D eigenvalue weighted by Crippen LogP contribution is -2.44. The molecule has 0 saturated carbocycles. The van der Waals surface area contributed by atoms with Gasteiger partial charge in [0.25, 0.3) is 0 Å². The molecule has 2 unspecified atom stereocenters. The maximum Gasteiger partial charge on any atom is 0.0217 e. The van der Waals surface area contributed by atoms with Crippen LogP contribution in [0, 0.1) is 12.8 Å². The van der Waals surface area contributed by atoms with E-state index in [4.69, 9.17) is 0 Å². The number of hydrogen-bond donors (Lipinski definition) is 2. The van der Waals surface area contributed by atoms with Crippen LogP contribution >= 0.6 is 11.3 Å². The normalized spacial score (nSPS) is 25.1. The van der Waals surface area contributed by atoms with E-state index < -0.39 is 0 Å². The van der Waals surface area contributed by atoms with Crippen molar-refractivity contribution in [3.8, 4) is 0 Å². The van der Waals surface area contributed by atoms with Crippen molar-refractivity contribution in [1.29, 1.82) is 0 Å². The van der Waals surface area contributed by atoms with Crippen LogP contribution < -0.4 is 10.6 Å². The van der Waals surface area contributed by atoms with Crippen LogP contribution in [0.4, 0.5) is 0 Å². The van der Waals surface area contributed by atoms with Crippen molar-refractivity contribution in [2.24, 2.45) is 5.92 Å². The first-order valence-corrected chi connectivity index (χ1v) is 7.69. The molecule has 1 fully saturated rings. The second-order valence-electron chi connectivity index (χ2n) is 5.16. The molecular formula is C14H24N2S. The minimum Gasteiger partial charge on any atom is -0.313 e. The van der Waals surface area contributed by atoms with E-state index in [1.54, 1.807) is 11.3 Å². The third kappa shape index (κ3) is 3.80. The summed E-state index contributed by atoms with van der Waals surface area (Å²) in [5.41, 5.74) is 2.88. The molecule has 1 aliphatic rings. The average molecular weight is 252 g/mol. The third-order valence-corrected chi connectivity index (χ3v) is 4.76. The van der Waals surface area contributed by atoms with Gasteiger partial charge in [0, 0.05) is 19.1 Å². The molecule has 0 aliphatic carbocycles. The molecule has 3 heteroatoms. The number of rotatable bonds is 5. The molecule has 0 spiro atoms. The van der Waals surface area contributed by atoms with E-state index in [0.717, 1.165) is 19.0 Å². The van der Waals surface area contributed by atoms with Gasteiger partial charge in [-0.05, 0) is 54.1 Å². The van der Waals surface area contributed by atoms with Gasteiger partial charge in [-0.3, -0.25) is 0 Å². The molecule has 1 aromatic rings. The highest BCUT2D eigenvalue weighted by Gasteiger charge is 2.19. The van der Waals surface area contributed by atoms with Gasteiger partial charge >= 0.3 is 0 Å². The van der Waals surface area contributed by atoms with Gasteiger partial charge < -0.3 is 10.6 Å². The number of aryl methyl sites for hydroxylation is 1. The predicted molar refractivity (Wildman–Crippen MR) is 75.6 cm³/mol. The zero-order chi connectivity index (χ0) is 12.1. The fourth-order valence-corrected chi connectivity index (χ4v) is 3.43. The number of hydrogen-bond acceptors (Lipinski definition) is 3. The molecule has 1 saturated heterocycles. The first-order chi connectivity index (χ1) is 8.29. The summed E-state index contributed by atoms with van der Waals surface area (Å²) in [7, 11) is 0. The van der Waals surface area contributed by atoms with Crippen LogP contribution in [-0.4, -0.2) is 19.1 Å². The summed E-state index contributed by atoms with van der Waals surface area (Å²) in [6.45, 7) is 7.83. The molecule has 2 nitrogen and oxygen atoms in total. The molecule has 17 heavy (non-hydrogen) atoms. The fraction of sp³-hybridized carbons (Fsp3) is 0.714. The minimum absolute atomic E-state index is 0.674. The number of thiophene rings is 1. The Bertz CT molecular complexity index is 335. The quantitative estimate of drug-likeness (QED) is 0.842. The van der Waals surface area contributed by atoms with Gasteiger partial charge in [0.1, 0.15) is 0 Å². The second-order valence-corrected chi connectivity index (χ2v) is 5.90. The second kappa shape index (κ2) is 6.53. The molecule has 2 N–H and O–H groups in total. The highest BCUT2D eigenvalue weighted by molar-refractivity contribution is 7.08. The van der Waals surface area contributed by atoms with Gasteiger partial charge in [-0.1, -0.05) is 13.3 Å². The summed E-state index contributed by atoms with van der Waals surface area (Å²) >= 11 is 1.80. The van der Waals surface area contributed by atoms with Crippen molar-refractivity contribution in [2.45, 2.75) is 45.7 Å². The lowest BCUT2D eigenvalue weighted by atomic mass is 9.90. The molecule has 0 radical (unpaired) electrons. The summed E-state index contributed by atoms with van der Waals surface area (Å²) in [5.74, 6) is 0.936. The van der Waals surface area contributed by atoms with Crippen molar-refractivity contribution in [3.63, 3.8) is 0 Å². The summed E-state index contributed by atoms with van der Waals surface area (Å²) in [6.07, 6.45) is 4.03. The van der Waals surface area contributed by atoms with E-state index in [1.807, 2.05) is 0 Å². The monoisotopic (exact) mass is 252 g/mol. The smallest absolute Gasteiger partial charge is 0.0217 e. The Kier molecular flexibility index (Phi) is 5.01. The Morgan fingerprint density at radius 3 is 3.06 bits per heavy atom. The molecule has 2 heterocycles. The van der Waals surface area contributed by atoms with Gasteiger partial charge in [-0.15, -0.1) is 0 Å². The van der Waals surface area contributed by atoms with E-state index in [0.29, 0.717) is 6.04 Å². The van der Waals surface area contributed by atoms with E-state index >= 15 is 0 Å². The topological polar surface area (TPSA) is 24.1 Å². The van der Waals surface area contributed by atoms with Crippen LogP contribution in [0.5, 0.6) is 0 Å². The average Bonchev–Trinajstić information content (AvgIpc) is 2.76. The number of nitrogens with one attached hydrogen (secondary N) is 2. The fourth-order valence-electron chi connectivity index (χ4n) is 2.57. The maximum absolute atomic E-state index is 3.62.